The molecule has 0 N–H and O–H groups in total. The Kier molecular flexibility index (Phi) is 3.59. The lowest BCUT2D eigenvalue weighted by atomic mass is 10.2. The van der Waals surface area contributed by atoms with Gasteiger partial charge in [-0.05, 0) is 5.56 Å². The number of rotatable bonds is 3. The molecule has 0 heterocycles. The lowest BCUT2D eigenvalue weighted by Gasteiger charge is -2.06. The van der Waals surface area contributed by atoms with Crippen molar-refractivity contribution in [3.05, 3.63) is 35.9 Å². The molecule has 0 bridgehead atoms. The highest BCUT2D eigenvalue weighted by Gasteiger charge is 2.15. The van der Waals surface area contributed by atoms with Gasteiger partial charge in [-0.25, -0.2) is 8.42 Å². The van der Waals surface area contributed by atoms with Crippen molar-refractivity contribution in [1.82, 2.24) is 0 Å². The maximum Gasteiger partial charge on any atom is 0.234 e. The molecule has 0 amide bonds. The van der Waals surface area contributed by atoms with Crippen LogP contribution in [0, 0.1) is 0 Å². The van der Waals surface area contributed by atoms with Gasteiger partial charge < -0.3 is 0 Å². The summed E-state index contributed by atoms with van der Waals surface area (Å²) in [6, 6.07) is 8.96. The number of alkyl halides is 1. The number of hydrogen-bond acceptors (Lipinski definition) is 2. The molecule has 0 fully saturated rings. The molecule has 0 spiro atoms. The Morgan fingerprint density at radius 3 is 2.23 bits per heavy atom. The molecular formula is C8H8Cl2O2S. The van der Waals surface area contributed by atoms with Gasteiger partial charge in [0.15, 0.2) is 0 Å². The van der Waals surface area contributed by atoms with Crippen molar-refractivity contribution in [3.63, 3.8) is 0 Å². The number of hydrogen-bond donors (Lipinski definition) is 0. The molecule has 0 aromatic heterocycles. The van der Waals surface area contributed by atoms with Gasteiger partial charge in [-0.1, -0.05) is 30.3 Å². The van der Waals surface area contributed by atoms with Gasteiger partial charge in [0.05, 0.1) is 11.1 Å². The summed E-state index contributed by atoms with van der Waals surface area (Å²) in [5, 5.41) is -0.580. The van der Waals surface area contributed by atoms with Crippen LogP contribution in [0.5, 0.6) is 0 Å². The largest absolute Gasteiger partial charge is 0.234 e. The molecular weight excluding hydrogens is 231 g/mol. The van der Waals surface area contributed by atoms with Crippen molar-refractivity contribution in [1.29, 1.82) is 0 Å². The molecule has 13 heavy (non-hydrogen) atoms. The maximum absolute atomic E-state index is 10.7. The summed E-state index contributed by atoms with van der Waals surface area (Å²) in [6.07, 6.45) is 0. The van der Waals surface area contributed by atoms with E-state index in [9.17, 15) is 8.42 Å². The van der Waals surface area contributed by atoms with Gasteiger partial charge in [-0.15, -0.1) is 11.6 Å². The Balaban J connectivity index is 2.76. The van der Waals surface area contributed by atoms with Crippen LogP contribution >= 0.6 is 22.3 Å². The van der Waals surface area contributed by atoms with Crippen LogP contribution in [0.25, 0.3) is 0 Å². The highest BCUT2D eigenvalue weighted by Crippen LogP contribution is 2.22. The van der Waals surface area contributed by atoms with Gasteiger partial charge in [0.25, 0.3) is 0 Å². The topological polar surface area (TPSA) is 34.1 Å². The summed E-state index contributed by atoms with van der Waals surface area (Å²) in [5.41, 5.74) is 0.758. The second-order valence-electron chi connectivity index (χ2n) is 2.58. The highest BCUT2D eigenvalue weighted by atomic mass is 35.7. The molecule has 72 valence electrons. The number of halogens is 2. The van der Waals surface area contributed by atoms with E-state index in [1.54, 1.807) is 24.3 Å². The zero-order valence-corrected chi connectivity index (χ0v) is 8.98. The fourth-order valence-corrected chi connectivity index (χ4v) is 2.69. The third-order valence-electron chi connectivity index (χ3n) is 1.51. The maximum atomic E-state index is 10.7. The third kappa shape index (κ3) is 3.98. The molecule has 0 aliphatic rings. The van der Waals surface area contributed by atoms with Crippen LogP contribution in [-0.4, -0.2) is 14.2 Å². The van der Waals surface area contributed by atoms with Crippen LogP contribution < -0.4 is 0 Å². The average molecular weight is 239 g/mol. The van der Waals surface area contributed by atoms with E-state index in [-0.39, 0.29) is 5.75 Å². The second-order valence-corrected chi connectivity index (χ2v) is 5.93. The second kappa shape index (κ2) is 4.31. The van der Waals surface area contributed by atoms with Crippen molar-refractivity contribution in [2.75, 3.05) is 5.75 Å². The predicted octanol–water partition coefficient (Wildman–Crippen LogP) is 2.54. The summed E-state index contributed by atoms with van der Waals surface area (Å²) in [7, 11) is 1.53. The van der Waals surface area contributed by atoms with E-state index in [0.717, 1.165) is 5.56 Å². The molecule has 0 saturated heterocycles. The lowest BCUT2D eigenvalue weighted by molar-refractivity contribution is 0.608. The van der Waals surface area contributed by atoms with E-state index >= 15 is 0 Å². The molecule has 1 rings (SSSR count). The lowest BCUT2D eigenvalue weighted by Crippen LogP contribution is -2.04. The van der Waals surface area contributed by atoms with Crippen molar-refractivity contribution in [2.45, 2.75) is 5.38 Å². The zero-order chi connectivity index (χ0) is 9.90. The zero-order valence-electron chi connectivity index (χ0n) is 6.65. The molecule has 0 saturated carbocycles. The van der Waals surface area contributed by atoms with Crippen LogP contribution in [0.15, 0.2) is 30.3 Å². The smallest absolute Gasteiger partial charge is 0.212 e. The van der Waals surface area contributed by atoms with Crippen LogP contribution in [0.3, 0.4) is 0 Å². The molecule has 2 nitrogen and oxygen atoms in total. The average Bonchev–Trinajstić information content (AvgIpc) is 2.03. The molecule has 0 radical (unpaired) electrons. The summed E-state index contributed by atoms with van der Waals surface area (Å²) in [4.78, 5) is 0. The Morgan fingerprint density at radius 1 is 1.23 bits per heavy atom. The molecule has 1 aromatic carbocycles. The minimum atomic E-state index is -3.53. The standard InChI is InChI=1S/C8H8Cl2O2S/c9-8(6-13(10,11)12)7-4-2-1-3-5-7/h1-5,8H,6H2. The monoisotopic (exact) mass is 238 g/mol. The van der Waals surface area contributed by atoms with Gasteiger partial charge in [0.1, 0.15) is 0 Å². The van der Waals surface area contributed by atoms with Crippen LogP contribution in [0.2, 0.25) is 0 Å². The highest BCUT2D eigenvalue weighted by molar-refractivity contribution is 8.13. The van der Waals surface area contributed by atoms with Crippen molar-refractivity contribution in [3.8, 4) is 0 Å². The SMILES string of the molecule is O=S(=O)(Cl)CC(Cl)c1ccccc1. The van der Waals surface area contributed by atoms with Gasteiger partial charge in [-0.3, -0.25) is 0 Å². The summed E-state index contributed by atoms with van der Waals surface area (Å²) < 4.78 is 21.4. The van der Waals surface area contributed by atoms with E-state index in [1.165, 1.54) is 0 Å². The fourth-order valence-electron chi connectivity index (χ4n) is 0.933. The van der Waals surface area contributed by atoms with Crippen molar-refractivity contribution < 1.29 is 8.42 Å². The van der Waals surface area contributed by atoms with Crippen molar-refractivity contribution in [2.24, 2.45) is 0 Å². The van der Waals surface area contributed by atoms with E-state index in [4.69, 9.17) is 22.3 Å². The van der Waals surface area contributed by atoms with Crippen molar-refractivity contribution >= 4 is 31.3 Å². The molecule has 1 aromatic rings. The predicted molar refractivity (Wildman–Crippen MR) is 54.7 cm³/mol. The molecule has 5 heteroatoms. The molecule has 1 unspecified atom stereocenters. The normalized spacial score (nSPS) is 14.0. The Hall–Kier alpha value is -0.250. The molecule has 0 aliphatic heterocycles. The van der Waals surface area contributed by atoms with Crippen LogP contribution in [0.4, 0.5) is 0 Å². The summed E-state index contributed by atoms with van der Waals surface area (Å²) in [6.45, 7) is 0. The van der Waals surface area contributed by atoms with Gasteiger partial charge in [-0.2, -0.15) is 0 Å². The van der Waals surface area contributed by atoms with Crippen LogP contribution in [0.1, 0.15) is 10.9 Å². The fraction of sp³-hybridized carbons (Fsp3) is 0.250. The first kappa shape index (κ1) is 10.8. The number of benzene rings is 1. The minimum Gasteiger partial charge on any atom is -0.212 e. The van der Waals surface area contributed by atoms with E-state index in [1.807, 2.05) is 6.07 Å². The third-order valence-corrected chi connectivity index (χ3v) is 3.21. The summed E-state index contributed by atoms with van der Waals surface area (Å²) >= 11 is 5.83. The first-order chi connectivity index (χ1) is 5.99. The van der Waals surface area contributed by atoms with Gasteiger partial charge >= 0.3 is 0 Å². The Bertz CT molecular complexity index is 361. The minimum absolute atomic E-state index is 0.250. The Labute approximate surface area is 86.9 Å². The Morgan fingerprint density at radius 2 is 1.77 bits per heavy atom. The molecule has 1 atom stereocenters. The quantitative estimate of drug-likeness (QED) is 0.600. The van der Waals surface area contributed by atoms with E-state index in [2.05, 4.69) is 0 Å². The molecule has 0 aliphatic carbocycles. The van der Waals surface area contributed by atoms with Crippen LogP contribution in [-0.2, 0) is 9.05 Å². The summed E-state index contributed by atoms with van der Waals surface area (Å²) in [5.74, 6) is -0.250. The van der Waals surface area contributed by atoms with Gasteiger partial charge in [0.2, 0.25) is 9.05 Å². The van der Waals surface area contributed by atoms with E-state index < -0.39 is 14.4 Å². The van der Waals surface area contributed by atoms with Gasteiger partial charge in [0, 0.05) is 10.7 Å². The first-order valence-corrected chi connectivity index (χ1v) is 6.52. The van der Waals surface area contributed by atoms with E-state index in [0.29, 0.717) is 0 Å². The first-order valence-electron chi connectivity index (χ1n) is 3.60.